The Bertz CT molecular complexity index is 127. The minimum atomic E-state index is -1.57. The van der Waals surface area contributed by atoms with E-state index in [4.69, 9.17) is 5.11 Å². The predicted octanol–water partition coefficient (Wildman–Crippen LogP) is 0.0973. The van der Waals surface area contributed by atoms with E-state index in [1.54, 1.807) is 6.92 Å². The molecule has 0 saturated carbocycles. The van der Waals surface area contributed by atoms with Crippen molar-refractivity contribution in [2.75, 3.05) is 0 Å². The van der Waals surface area contributed by atoms with E-state index < -0.39 is 11.7 Å². The van der Waals surface area contributed by atoms with Crippen LogP contribution in [0.15, 0.2) is 0 Å². The van der Waals surface area contributed by atoms with Gasteiger partial charge in [0.15, 0.2) is 5.78 Å². The molecular formula is C7H14O3. The molecule has 3 nitrogen and oxygen atoms in total. The van der Waals surface area contributed by atoms with Gasteiger partial charge in [0.05, 0.1) is 6.10 Å². The number of ketones is 1. The van der Waals surface area contributed by atoms with E-state index in [2.05, 4.69) is 0 Å². The molecular weight excluding hydrogens is 132 g/mol. The summed E-state index contributed by atoms with van der Waals surface area (Å²) in [6.07, 6.45) is -0.752. The Hall–Kier alpha value is -0.410. The Morgan fingerprint density at radius 1 is 1.70 bits per heavy atom. The van der Waals surface area contributed by atoms with Gasteiger partial charge < -0.3 is 10.2 Å². The van der Waals surface area contributed by atoms with Gasteiger partial charge in [-0.05, 0) is 13.8 Å². The molecule has 2 atom stereocenters. The van der Waals surface area contributed by atoms with E-state index >= 15 is 0 Å². The molecule has 60 valence electrons. The molecule has 0 spiro atoms. The van der Waals surface area contributed by atoms with Crippen LogP contribution in [-0.4, -0.2) is 27.7 Å². The zero-order valence-corrected chi connectivity index (χ0v) is 6.59. The van der Waals surface area contributed by atoms with Gasteiger partial charge in [0, 0.05) is 6.42 Å². The smallest absolute Gasteiger partial charge is 0.166 e. The van der Waals surface area contributed by atoms with Crippen LogP contribution in [0.3, 0.4) is 0 Å². The van der Waals surface area contributed by atoms with E-state index in [1.807, 2.05) is 0 Å². The predicted molar refractivity (Wildman–Crippen MR) is 37.6 cm³/mol. The van der Waals surface area contributed by atoms with E-state index in [1.165, 1.54) is 13.8 Å². The van der Waals surface area contributed by atoms with Crippen LogP contribution in [0.1, 0.15) is 27.2 Å². The average molecular weight is 146 g/mol. The second-order valence-corrected chi connectivity index (χ2v) is 2.60. The summed E-state index contributed by atoms with van der Waals surface area (Å²) < 4.78 is 0. The molecule has 10 heavy (non-hydrogen) atoms. The molecule has 0 bridgehead atoms. The highest BCUT2D eigenvalue weighted by Gasteiger charge is 2.33. The average Bonchev–Trinajstić information content (AvgIpc) is 1.86. The fourth-order valence-electron chi connectivity index (χ4n) is 0.591. The molecule has 0 aromatic heterocycles. The molecule has 3 heteroatoms. The zero-order chi connectivity index (χ0) is 8.36. The number of carbonyl (C=O) groups is 1. The number of hydrogen-bond acceptors (Lipinski definition) is 3. The minimum absolute atomic E-state index is 0.248. The third-order valence-electron chi connectivity index (χ3n) is 1.70. The lowest BCUT2D eigenvalue weighted by Gasteiger charge is -2.23. The molecule has 0 saturated heterocycles. The van der Waals surface area contributed by atoms with Crippen LogP contribution in [0.5, 0.6) is 0 Å². The Labute approximate surface area is 60.7 Å². The van der Waals surface area contributed by atoms with Crippen molar-refractivity contribution >= 4 is 5.78 Å². The second kappa shape index (κ2) is 3.12. The number of aliphatic hydroxyl groups excluding tert-OH is 1. The van der Waals surface area contributed by atoms with Crippen LogP contribution < -0.4 is 0 Å². The highest BCUT2D eigenvalue weighted by molar-refractivity contribution is 5.86. The first-order valence-electron chi connectivity index (χ1n) is 3.36. The van der Waals surface area contributed by atoms with Crippen LogP contribution in [0.2, 0.25) is 0 Å². The highest BCUT2D eigenvalue weighted by atomic mass is 16.3. The van der Waals surface area contributed by atoms with E-state index in [0.717, 1.165) is 0 Å². The van der Waals surface area contributed by atoms with Gasteiger partial charge in [-0.3, -0.25) is 4.79 Å². The van der Waals surface area contributed by atoms with Gasteiger partial charge in [-0.2, -0.15) is 0 Å². The maximum absolute atomic E-state index is 10.9. The Balaban J connectivity index is 4.24. The van der Waals surface area contributed by atoms with Crippen molar-refractivity contribution in [3.63, 3.8) is 0 Å². The van der Waals surface area contributed by atoms with Gasteiger partial charge in [0.1, 0.15) is 5.60 Å². The Morgan fingerprint density at radius 2 is 2.10 bits per heavy atom. The maximum atomic E-state index is 10.9. The summed E-state index contributed by atoms with van der Waals surface area (Å²) in [6.45, 7) is 4.37. The molecule has 0 aliphatic heterocycles. The summed E-state index contributed by atoms with van der Waals surface area (Å²) in [4.78, 5) is 10.9. The second-order valence-electron chi connectivity index (χ2n) is 2.60. The molecule has 2 unspecified atom stereocenters. The normalized spacial score (nSPS) is 19.7. The first-order chi connectivity index (χ1) is 4.42. The van der Waals surface area contributed by atoms with E-state index in [9.17, 15) is 9.90 Å². The lowest BCUT2D eigenvalue weighted by molar-refractivity contribution is -0.145. The van der Waals surface area contributed by atoms with Crippen molar-refractivity contribution in [2.24, 2.45) is 0 Å². The fraction of sp³-hybridized carbons (Fsp3) is 0.857. The SMILES string of the molecule is CCC(=O)C(C)(O)C(C)O. The van der Waals surface area contributed by atoms with Crippen LogP contribution >= 0.6 is 0 Å². The number of Topliss-reactive ketones (excluding diaryl/α,β-unsaturated/α-hetero) is 1. The van der Waals surface area contributed by atoms with Crippen LogP contribution in [0, 0.1) is 0 Å². The minimum Gasteiger partial charge on any atom is -0.390 e. The van der Waals surface area contributed by atoms with E-state index in [-0.39, 0.29) is 12.2 Å². The third kappa shape index (κ3) is 1.78. The molecule has 0 radical (unpaired) electrons. The molecule has 0 fully saturated rings. The lowest BCUT2D eigenvalue weighted by atomic mass is 9.94. The summed E-state index contributed by atoms with van der Waals surface area (Å²) in [6, 6.07) is 0. The summed E-state index contributed by atoms with van der Waals surface area (Å²) in [5.41, 5.74) is -1.57. The van der Waals surface area contributed by atoms with Crippen molar-refractivity contribution in [1.29, 1.82) is 0 Å². The van der Waals surface area contributed by atoms with Gasteiger partial charge in [0.2, 0.25) is 0 Å². The molecule has 0 heterocycles. The molecule has 0 amide bonds. The fourth-order valence-corrected chi connectivity index (χ4v) is 0.591. The standard InChI is InChI=1S/C7H14O3/c1-4-6(9)7(3,10)5(2)8/h5,8,10H,4H2,1-3H3. The van der Waals surface area contributed by atoms with Crippen LogP contribution in [0.4, 0.5) is 0 Å². The van der Waals surface area contributed by atoms with Crippen molar-refractivity contribution in [2.45, 2.75) is 38.9 Å². The molecule has 0 aromatic carbocycles. The lowest BCUT2D eigenvalue weighted by Crippen LogP contribution is -2.44. The monoisotopic (exact) mass is 146 g/mol. The number of hydrogen-bond donors (Lipinski definition) is 2. The first kappa shape index (κ1) is 9.59. The molecule has 0 aliphatic carbocycles. The summed E-state index contributed by atoms with van der Waals surface area (Å²) >= 11 is 0. The van der Waals surface area contributed by atoms with Gasteiger partial charge in [0.25, 0.3) is 0 Å². The summed E-state index contributed by atoms with van der Waals surface area (Å²) in [5, 5.41) is 18.2. The van der Waals surface area contributed by atoms with Crippen molar-refractivity contribution in [1.82, 2.24) is 0 Å². The third-order valence-corrected chi connectivity index (χ3v) is 1.70. The summed E-state index contributed by atoms with van der Waals surface area (Å²) in [5.74, 6) is -0.331. The number of carbonyl (C=O) groups excluding carboxylic acids is 1. The maximum Gasteiger partial charge on any atom is 0.166 e. The molecule has 0 rings (SSSR count). The van der Waals surface area contributed by atoms with Crippen molar-refractivity contribution in [3.8, 4) is 0 Å². The molecule has 0 aliphatic rings. The van der Waals surface area contributed by atoms with E-state index in [0.29, 0.717) is 0 Å². The topological polar surface area (TPSA) is 57.5 Å². The van der Waals surface area contributed by atoms with Gasteiger partial charge in [-0.15, -0.1) is 0 Å². The van der Waals surface area contributed by atoms with Crippen LogP contribution in [-0.2, 0) is 4.79 Å². The largest absolute Gasteiger partial charge is 0.390 e. The quantitative estimate of drug-likeness (QED) is 0.593. The molecule has 0 aromatic rings. The highest BCUT2D eigenvalue weighted by Crippen LogP contribution is 2.12. The van der Waals surface area contributed by atoms with Crippen LogP contribution in [0.25, 0.3) is 0 Å². The summed E-state index contributed by atoms with van der Waals surface area (Å²) in [7, 11) is 0. The van der Waals surface area contributed by atoms with Gasteiger partial charge >= 0.3 is 0 Å². The Morgan fingerprint density at radius 3 is 2.20 bits per heavy atom. The van der Waals surface area contributed by atoms with Gasteiger partial charge in [-0.1, -0.05) is 6.92 Å². The van der Waals surface area contributed by atoms with Gasteiger partial charge in [-0.25, -0.2) is 0 Å². The Kier molecular flexibility index (Phi) is 2.99. The molecule has 2 N–H and O–H groups in total. The number of aliphatic hydroxyl groups is 2. The van der Waals surface area contributed by atoms with Crippen molar-refractivity contribution < 1.29 is 15.0 Å². The van der Waals surface area contributed by atoms with Crippen molar-refractivity contribution in [3.05, 3.63) is 0 Å². The number of rotatable bonds is 3. The first-order valence-corrected chi connectivity index (χ1v) is 3.36. The zero-order valence-electron chi connectivity index (χ0n) is 6.59.